The highest BCUT2D eigenvalue weighted by molar-refractivity contribution is 4.88. The molecule has 2 saturated heterocycles. The van der Waals surface area contributed by atoms with E-state index in [-0.39, 0.29) is 11.4 Å². The van der Waals surface area contributed by atoms with Crippen LogP contribution in [0.4, 0.5) is 0 Å². The maximum absolute atomic E-state index is 6.11. The molecule has 0 radical (unpaired) electrons. The minimum absolute atomic E-state index is 0.0770. The van der Waals surface area contributed by atoms with E-state index in [1.807, 2.05) is 0 Å². The largest absolute Gasteiger partial charge is 0.371 e. The number of nitrogens with zero attached hydrogens (tertiary/aromatic N) is 1. The molecule has 1 atom stereocenters. The predicted molar refractivity (Wildman–Crippen MR) is 77.7 cm³/mol. The Balaban J connectivity index is 1.46. The van der Waals surface area contributed by atoms with E-state index >= 15 is 0 Å². The molecular weight excluding hydrogens is 254 g/mol. The normalized spacial score (nSPS) is 33.3. The van der Waals surface area contributed by atoms with Crippen molar-refractivity contribution in [1.82, 2.24) is 4.90 Å². The zero-order valence-electron chi connectivity index (χ0n) is 13.2. The molecule has 20 heavy (non-hydrogen) atoms. The highest BCUT2D eigenvalue weighted by Crippen LogP contribution is 2.37. The SMILES string of the molecule is CN(CC1CCC(C)(C)O1)C1CCC2(CC1)OCCO2. The number of hydrogen-bond acceptors (Lipinski definition) is 4. The Morgan fingerprint density at radius 2 is 1.65 bits per heavy atom. The molecule has 3 rings (SSSR count). The first-order valence-electron chi connectivity index (χ1n) is 8.14. The van der Waals surface area contributed by atoms with Crippen LogP contribution in [0.2, 0.25) is 0 Å². The molecule has 0 aromatic rings. The number of rotatable bonds is 3. The minimum Gasteiger partial charge on any atom is -0.371 e. The van der Waals surface area contributed by atoms with Crippen molar-refractivity contribution in [3.8, 4) is 0 Å². The molecule has 0 bridgehead atoms. The maximum atomic E-state index is 6.11. The summed E-state index contributed by atoms with van der Waals surface area (Å²) in [5.74, 6) is -0.233. The maximum Gasteiger partial charge on any atom is 0.168 e. The molecule has 1 unspecified atom stereocenters. The van der Waals surface area contributed by atoms with E-state index in [1.165, 1.54) is 25.7 Å². The van der Waals surface area contributed by atoms with Crippen molar-refractivity contribution in [3.05, 3.63) is 0 Å². The Morgan fingerprint density at radius 1 is 1.00 bits per heavy atom. The Kier molecular flexibility index (Phi) is 4.10. The topological polar surface area (TPSA) is 30.9 Å². The third kappa shape index (κ3) is 3.19. The van der Waals surface area contributed by atoms with Crippen LogP contribution in [0.5, 0.6) is 0 Å². The Morgan fingerprint density at radius 3 is 2.20 bits per heavy atom. The van der Waals surface area contributed by atoms with Crippen LogP contribution in [-0.2, 0) is 14.2 Å². The average Bonchev–Trinajstić information content (AvgIpc) is 2.98. The van der Waals surface area contributed by atoms with Crippen molar-refractivity contribution in [2.24, 2.45) is 0 Å². The molecule has 0 N–H and O–H groups in total. The van der Waals surface area contributed by atoms with E-state index in [2.05, 4.69) is 25.8 Å². The summed E-state index contributed by atoms with van der Waals surface area (Å²) < 4.78 is 17.7. The molecule has 116 valence electrons. The molecule has 2 aliphatic heterocycles. The summed E-state index contributed by atoms with van der Waals surface area (Å²) in [5, 5.41) is 0. The number of hydrogen-bond donors (Lipinski definition) is 0. The van der Waals surface area contributed by atoms with Gasteiger partial charge in [-0.15, -0.1) is 0 Å². The van der Waals surface area contributed by atoms with E-state index in [4.69, 9.17) is 14.2 Å². The van der Waals surface area contributed by atoms with Gasteiger partial charge in [0.25, 0.3) is 0 Å². The summed E-state index contributed by atoms with van der Waals surface area (Å²) >= 11 is 0. The standard InChI is InChI=1S/C16H29NO3/c1-15(2)7-6-14(20-15)12-17(3)13-4-8-16(9-5-13)18-10-11-19-16/h13-14H,4-12H2,1-3H3. The summed E-state index contributed by atoms with van der Waals surface area (Å²) in [4.78, 5) is 2.49. The van der Waals surface area contributed by atoms with Gasteiger partial charge in [-0.3, -0.25) is 0 Å². The summed E-state index contributed by atoms with van der Waals surface area (Å²) in [6, 6.07) is 0.653. The van der Waals surface area contributed by atoms with E-state index in [9.17, 15) is 0 Å². The van der Waals surface area contributed by atoms with Crippen LogP contribution in [0.25, 0.3) is 0 Å². The molecule has 4 heteroatoms. The zero-order chi connectivity index (χ0) is 14.2. The molecule has 0 aromatic carbocycles. The molecule has 4 nitrogen and oxygen atoms in total. The first-order valence-corrected chi connectivity index (χ1v) is 8.14. The smallest absolute Gasteiger partial charge is 0.168 e. The quantitative estimate of drug-likeness (QED) is 0.796. The van der Waals surface area contributed by atoms with E-state index in [0.717, 1.165) is 32.6 Å². The van der Waals surface area contributed by atoms with Gasteiger partial charge in [0.1, 0.15) is 0 Å². The Bertz CT molecular complexity index is 329. The highest BCUT2D eigenvalue weighted by Gasteiger charge is 2.41. The van der Waals surface area contributed by atoms with Crippen LogP contribution >= 0.6 is 0 Å². The second kappa shape index (κ2) is 5.56. The van der Waals surface area contributed by atoms with Gasteiger partial charge in [-0.05, 0) is 46.6 Å². The molecule has 3 fully saturated rings. The van der Waals surface area contributed by atoms with Crippen LogP contribution in [0.3, 0.4) is 0 Å². The molecule has 3 aliphatic rings. The fourth-order valence-electron chi connectivity index (χ4n) is 3.95. The fraction of sp³-hybridized carbons (Fsp3) is 1.00. The summed E-state index contributed by atoms with van der Waals surface area (Å²) in [5.41, 5.74) is 0.0770. The van der Waals surface area contributed by atoms with Gasteiger partial charge in [0.2, 0.25) is 0 Å². The van der Waals surface area contributed by atoms with E-state index in [0.29, 0.717) is 12.1 Å². The minimum atomic E-state index is -0.233. The Labute approximate surface area is 122 Å². The molecule has 1 aliphatic carbocycles. The van der Waals surface area contributed by atoms with Gasteiger partial charge < -0.3 is 19.1 Å². The first-order chi connectivity index (χ1) is 9.48. The summed E-state index contributed by atoms with van der Waals surface area (Å²) in [6.45, 7) is 7.00. The van der Waals surface area contributed by atoms with Gasteiger partial charge in [0, 0.05) is 25.4 Å². The van der Waals surface area contributed by atoms with Crippen LogP contribution in [0, 0.1) is 0 Å². The highest BCUT2D eigenvalue weighted by atomic mass is 16.7. The van der Waals surface area contributed by atoms with Gasteiger partial charge >= 0.3 is 0 Å². The van der Waals surface area contributed by atoms with E-state index in [1.54, 1.807) is 0 Å². The summed E-state index contributed by atoms with van der Waals surface area (Å²) in [6.07, 6.45) is 7.21. The molecule has 0 amide bonds. The zero-order valence-corrected chi connectivity index (χ0v) is 13.2. The van der Waals surface area contributed by atoms with Gasteiger partial charge in [-0.25, -0.2) is 0 Å². The molecule has 2 heterocycles. The second-order valence-electron chi connectivity index (χ2n) is 7.32. The molecule has 1 saturated carbocycles. The molecular formula is C16H29NO3. The monoisotopic (exact) mass is 283 g/mol. The van der Waals surface area contributed by atoms with Crippen LogP contribution < -0.4 is 0 Å². The lowest BCUT2D eigenvalue weighted by Gasteiger charge is -2.39. The first kappa shape index (κ1) is 14.8. The van der Waals surface area contributed by atoms with Crippen molar-refractivity contribution < 1.29 is 14.2 Å². The van der Waals surface area contributed by atoms with Crippen LogP contribution in [-0.4, -0.2) is 55.2 Å². The third-order valence-electron chi connectivity index (χ3n) is 5.20. The average molecular weight is 283 g/mol. The van der Waals surface area contributed by atoms with Gasteiger partial charge in [-0.2, -0.15) is 0 Å². The van der Waals surface area contributed by atoms with Crippen LogP contribution in [0.15, 0.2) is 0 Å². The Hall–Kier alpha value is -0.160. The van der Waals surface area contributed by atoms with Crippen molar-refractivity contribution in [3.63, 3.8) is 0 Å². The van der Waals surface area contributed by atoms with Crippen molar-refractivity contribution in [2.45, 2.75) is 75.9 Å². The number of likely N-dealkylation sites (N-methyl/N-ethyl adjacent to an activating group) is 1. The summed E-state index contributed by atoms with van der Waals surface area (Å²) in [7, 11) is 2.24. The second-order valence-corrected chi connectivity index (χ2v) is 7.32. The van der Waals surface area contributed by atoms with Gasteiger partial charge in [0.05, 0.1) is 24.9 Å². The number of ether oxygens (including phenoxy) is 3. The third-order valence-corrected chi connectivity index (χ3v) is 5.20. The fourth-order valence-corrected chi connectivity index (χ4v) is 3.95. The van der Waals surface area contributed by atoms with Gasteiger partial charge in [0.15, 0.2) is 5.79 Å². The lowest BCUT2D eigenvalue weighted by atomic mass is 9.89. The molecule has 0 aromatic heterocycles. The predicted octanol–water partition coefficient (Wildman–Crippen LogP) is 2.56. The molecule has 1 spiro atoms. The van der Waals surface area contributed by atoms with Crippen molar-refractivity contribution >= 4 is 0 Å². The van der Waals surface area contributed by atoms with E-state index < -0.39 is 0 Å². The van der Waals surface area contributed by atoms with Crippen molar-refractivity contribution in [2.75, 3.05) is 26.8 Å². The van der Waals surface area contributed by atoms with Crippen molar-refractivity contribution in [1.29, 1.82) is 0 Å². The van der Waals surface area contributed by atoms with Gasteiger partial charge in [-0.1, -0.05) is 0 Å². The van der Waals surface area contributed by atoms with Crippen LogP contribution in [0.1, 0.15) is 52.4 Å². The lowest BCUT2D eigenvalue weighted by molar-refractivity contribution is -0.184. The lowest BCUT2D eigenvalue weighted by Crippen LogP contribution is -2.45.